The molecule has 0 aromatic carbocycles. The van der Waals surface area contributed by atoms with Gasteiger partial charge in [0, 0.05) is 12.8 Å². The summed E-state index contributed by atoms with van der Waals surface area (Å²) in [5.41, 5.74) is 0. The van der Waals surface area contributed by atoms with Gasteiger partial charge in [-0.15, -0.1) is 0 Å². The van der Waals surface area contributed by atoms with Crippen molar-refractivity contribution in [2.75, 3.05) is 32.9 Å². The van der Waals surface area contributed by atoms with Crippen molar-refractivity contribution in [3.63, 3.8) is 0 Å². The van der Waals surface area contributed by atoms with Crippen molar-refractivity contribution in [2.24, 2.45) is 0 Å². The van der Waals surface area contributed by atoms with E-state index in [4.69, 9.17) is 4.55 Å². The molecule has 0 spiro atoms. The van der Waals surface area contributed by atoms with Crippen LogP contribution < -0.4 is 0 Å². The lowest BCUT2D eigenvalue weighted by Crippen LogP contribution is -2.41. The van der Waals surface area contributed by atoms with Crippen LogP contribution in [0.5, 0.6) is 0 Å². The molecule has 0 radical (unpaired) electrons. The van der Waals surface area contributed by atoms with Gasteiger partial charge in [0.2, 0.25) is 0 Å². The van der Waals surface area contributed by atoms with Gasteiger partial charge in [-0.2, -0.15) is 8.42 Å². The van der Waals surface area contributed by atoms with E-state index in [9.17, 15) is 13.2 Å². The van der Waals surface area contributed by atoms with Gasteiger partial charge in [-0.25, -0.2) is 0 Å². The smallest absolute Gasteiger partial charge is 0.265 e. The monoisotopic (exact) mass is 266 g/mol. The second-order valence-electron chi connectivity index (χ2n) is 5.18. The average Bonchev–Trinajstić information content (AvgIpc) is 2.09. The molecule has 0 amide bonds. The van der Waals surface area contributed by atoms with Gasteiger partial charge in [0.25, 0.3) is 10.1 Å². The van der Waals surface area contributed by atoms with E-state index in [1.54, 1.807) is 6.92 Å². The standard InChI is InChI=1S/C11H23NO4S/c1-11(13)7-4-5-8-12(2,3)9-6-10-17(14,15)16/h4-10H2,1-3H3/p+1. The highest BCUT2D eigenvalue weighted by molar-refractivity contribution is 7.85. The van der Waals surface area contributed by atoms with Crippen molar-refractivity contribution in [3.8, 4) is 0 Å². The van der Waals surface area contributed by atoms with Gasteiger partial charge < -0.3 is 9.28 Å². The van der Waals surface area contributed by atoms with E-state index in [0.29, 0.717) is 23.9 Å². The molecule has 0 atom stereocenters. The molecular formula is C11H24NO4S+. The summed E-state index contributed by atoms with van der Waals surface area (Å²) in [5, 5.41) is 0. The number of carbonyl (C=O) groups is 1. The van der Waals surface area contributed by atoms with Crippen LogP contribution in [-0.2, 0) is 14.9 Å². The minimum atomic E-state index is -3.84. The molecule has 102 valence electrons. The van der Waals surface area contributed by atoms with Crippen LogP contribution in [0.3, 0.4) is 0 Å². The summed E-state index contributed by atoms with van der Waals surface area (Å²) >= 11 is 0. The van der Waals surface area contributed by atoms with Gasteiger partial charge in [-0.1, -0.05) is 0 Å². The second kappa shape index (κ2) is 7.08. The Morgan fingerprint density at radius 1 is 1.12 bits per heavy atom. The molecule has 0 fully saturated rings. The highest BCUT2D eigenvalue weighted by Gasteiger charge is 2.16. The van der Waals surface area contributed by atoms with E-state index in [2.05, 4.69) is 0 Å². The molecule has 17 heavy (non-hydrogen) atoms. The van der Waals surface area contributed by atoms with E-state index in [1.165, 1.54) is 0 Å². The van der Waals surface area contributed by atoms with E-state index < -0.39 is 10.1 Å². The van der Waals surface area contributed by atoms with Crippen LogP contribution in [-0.4, -0.2) is 56.2 Å². The molecule has 0 aliphatic heterocycles. The van der Waals surface area contributed by atoms with Gasteiger partial charge in [0.1, 0.15) is 5.78 Å². The van der Waals surface area contributed by atoms with Crippen LogP contribution in [0.25, 0.3) is 0 Å². The number of rotatable bonds is 9. The maximum atomic E-state index is 10.8. The van der Waals surface area contributed by atoms with E-state index in [0.717, 1.165) is 19.4 Å². The predicted octanol–water partition coefficient (Wildman–Crippen LogP) is 1.10. The zero-order valence-electron chi connectivity index (χ0n) is 11.0. The number of nitrogens with zero attached hydrogens (tertiary/aromatic N) is 1. The fourth-order valence-corrected chi connectivity index (χ4v) is 2.19. The lowest BCUT2D eigenvalue weighted by molar-refractivity contribution is -0.890. The number of unbranched alkanes of at least 4 members (excludes halogenated alkanes) is 1. The molecule has 0 aliphatic carbocycles. The first-order valence-electron chi connectivity index (χ1n) is 5.89. The normalized spacial score (nSPS) is 12.7. The summed E-state index contributed by atoms with van der Waals surface area (Å²) in [6, 6.07) is 0. The maximum Gasteiger partial charge on any atom is 0.265 e. The molecule has 0 unspecified atom stereocenters. The molecule has 0 aliphatic rings. The Kier molecular flexibility index (Phi) is 6.89. The van der Waals surface area contributed by atoms with E-state index in [1.807, 2.05) is 14.1 Å². The van der Waals surface area contributed by atoms with Crippen molar-refractivity contribution >= 4 is 15.9 Å². The number of Topliss-reactive ketones (excluding diaryl/α,β-unsaturated/α-hetero) is 1. The molecule has 1 N–H and O–H groups in total. The third kappa shape index (κ3) is 11.8. The van der Waals surface area contributed by atoms with Crippen molar-refractivity contribution in [1.82, 2.24) is 0 Å². The van der Waals surface area contributed by atoms with Gasteiger partial charge in [0.05, 0.1) is 32.9 Å². The quantitative estimate of drug-likeness (QED) is 0.385. The first kappa shape index (κ1) is 16.5. The van der Waals surface area contributed by atoms with Crippen LogP contribution in [0.2, 0.25) is 0 Å². The van der Waals surface area contributed by atoms with E-state index >= 15 is 0 Å². The van der Waals surface area contributed by atoms with Gasteiger partial charge in [0.15, 0.2) is 0 Å². The summed E-state index contributed by atoms with van der Waals surface area (Å²) in [5.74, 6) is 0.0314. The highest BCUT2D eigenvalue weighted by atomic mass is 32.2. The van der Waals surface area contributed by atoms with Crippen molar-refractivity contribution < 1.29 is 22.2 Å². The fraction of sp³-hybridized carbons (Fsp3) is 0.909. The first-order chi connectivity index (χ1) is 7.62. The maximum absolute atomic E-state index is 10.8. The molecule has 0 heterocycles. The fourth-order valence-electron chi connectivity index (χ4n) is 1.70. The van der Waals surface area contributed by atoms with Crippen LogP contribution in [0, 0.1) is 0 Å². The molecule has 6 heteroatoms. The average molecular weight is 266 g/mol. The molecular weight excluding hydrogens is 242 g/mol. The SMILES string of the molecule is CC(=O)CCCC[N+](C)(C)CCCS(=O)(=O)O. The minimum Gasteiger partial charge on any atom is -0.328 e. The molecule has 0 bridgehead atoms. The molecule has 5 nitrogen and oxygen atoms in total. The van der Waals surface area contributed by atoms with Gasteiger partial charge in [-0.05, 0) is 19.8 Å². The van der Waals surface area contributed by atoms with Gasteiger partial charge >= 0.3 is 0 Å². The first-order valence-corrected chi connectivity index (χ1v) is 7.50. The lowest BCUT2D eigenvalue weighted by atomic mass is 10.2. The zero-order valence-corrected chi connectivity index (χ0v) is 11.8. The number of quaternary nitrogens is 1. The Morgan fingerprint density at radius 2 is 1.65 bits per heavy atom. The Hall–Kier alpha value is -0.460. The lowest BCUT2D eigenvalue weighted by Gasteiger charge is -2.29. The summed E-state index contributed by atoms with van der Waals surface area (Å²) in [4.78, 5) is 10.8. The Bertz CT molecular complexity index is 335. The van der Waals surface area contributed by atoms with E-state index in [-0.39, 0.29) is 11.5 Å². The summed E-state index contributed by atoms with van der Waals surface area (Å²) in [6.07, 6.45) is 2.91. The Labute approximate surface area is 104 Å². The van der Waals surface area contributed by atoms with Crippen molar-refractivity contribution in [3.05, 3.63) is 0 Å². The third-order valence-corrected chi connectivity index (χ3v) is 3.51. The third-order valence-electron chi connectivity index (χ3n) is 2.71. The summed E-state index contributed by atoms with van der Waals surface area (Å²) < 4.78 is 30.5. The molecule has 0 aromatic rings. The van der Waals surface area contributed by atoms with Crippen LogP contribution in [0.1, 0.15) is 32.6 Å². The van der Waals surface area contributed by atoms with Gasteiger partial charge in [-0.3, -0.25) is 4.55 Å². The number of hydrogen-bond acceptors (Lipinski definition) is 3. The Morgan fingerprint density at radius 3 is 2.12 bits per heavy atom. The summed E-state index contributed by atoms with van der Waals surface area (Å²) in [7, 11) is 0.214. The van der Waals surface area contributed by atoms with Crippen LogP contribution in [0.4, 0.5) is 0 Å². The summed E-state index contributed by atoms with van der Waals surface area (Å²) in [6.45, 7) is 3.21. The minimum absolute atomic E-state index is 0.178. The number of hydrogen-bond donors (Lipinski definition) is 1. The topological polar surface area (TPSA) is 71.4 Å². The van der Waals surface area contributed by atoms with Crippen LogP contribution in [0.15, 0.2) is 0 Å². The van der Waals surface area contributed by atoms with Crippen molar-refractivity contribution in [1.29, 1.82) is 0 Å². The Balaban J connectivity index is 3.76. The highest BCUT2D eigenvalue weighted by Crippen LogP contribution is 2.06. The van der Waals surface area contributed by atoms with Crippen molar-refractivity contribution in [2.45, 2.75) is 32.6 Å². The molecule has 0 aromatic heterocycles. The zero-order chi connectivity index (χ0) is 13.5. The molecule has 0 rings (SSSR count). The number of ketones is 1. The number of carbonyl (C=O) groups excluding carboxylic acids is 1. The van der Waals surface area contributed by atoms with Crippen LogP contribution >= 0.6 is 0 Å². The second-order valence-corrected chi connectivity index (χ2v) is 6.75. The predicted molar refractivity (Wildman–Crippen MR) is 67.4 cm³/mol. The molecule has 0 saturated heterocycles. The molecule has 0 saturated carbocycles. The largest absolute Gasteiger partial charge is 0.328 e.